The van der Waals surface area contributed by atoms with Gasteiger partial charge in [-0.2, -0.15) is 0 Å². The van der Waals surface area contributed by atoms with Gasteiger partial charge in [0.25, 0.3) is 5.91 Å². The Hall–Kier alpha value is -1.74. The smallest absolute Gasteiger partial charge is 0.289 e. The monoisotopic (exact) mass is 317 g/mol. The van der Waals surface area contributed by atoms with Crippen molar-refractivity contribution in [3.63, 3.8) is 0 Å². The molecule has 0 spiro atoms. The van der Waals surface area contributed by atoms with E-state index in [1.165, 1.54) is 6.42 Å². The zero-order valence-corrected chi connectivity index (χ0v) is 13.7. The zero-order valence-electron chi connectivity index (χ0n) is 12.9. The molecule has 1 aliphatic heterocycles. The SMILES string of the molecule is Cc1cc(Cl)ccc1-c1ccc(C(=O)N2CCCC[C@H]2C)o1. The summed E-state index contributed by atoms with van der Waals surface area (Å²) in [5, 5.41) is 0.700. The van der Waals surface area contributed by atoms with Gasteiger partial charge in [0.15, 0.2) is 5.76 Å². The number of hydrogen-bond acceptors (Lipinski definition) is 2. The molecule has 1 amide bonds. The van der Waals surface area contributed by atoms with Crippen molar-refractivity contribution in [3.8, 4) is 11.3 Å². The van der Waals surface area contributed by atoms with Gasteiger partial charge in [0.2, 0.25) is 0 Å². The molecule has 1 atom stereocenters. The van der Waals surface area contributed by atoms with Crippen LogP contribution < -0.4 is 0 Å². The number of amides is 1. The third kappa shape index (κ3) is 2.91. The van der Waals surface area contributed by atoms with Crippen LogP contribution in [0.15, 0.2) is 34.7 Å². The predicted molar refractivity (Wildman–Crippen MR) is 88.2 cm³/mol. The maximum atomic E-state index is 12.6. The Kier molecular flexibility index (Phi) is 4.25. The van der Waals surface area contributed by atoms with E-state index in [-0.39, 0.29) is 11.9 Å². The molecule has 0 aliphatic carbocycles. The fraction of sp³-hybridized carbons (Fsp3) is 0.389. The van der Waals surface area contributed by atoms with Crippen LogP contribution >= 0.6 is 11.6 Å². The van der Waals surface area contributed by atoms with Crippen LogP contribution in [0.2, 0.25) is 5.02 Å². The lowest BCUT2D eigenvalue weighted by atomic mass is 10.0. The molecule has 116 valence electrons. The lowest BCUT2D eigenvalue weighted by Crippen LogP contribution is -2.41. The Bertz CT molecular complexity index is 692. The molecule has 2 heterocycles. The van der Waals surface area contributed by atoms with Gasteiger partial charge in [-0.25, -0.2) is 0 Å². The minimum Gasteiger partial charge on any atom is -0.451 e. The molecule has 1 aliphatic rings. The van der Waals surface area contributed by atoms with Gasteiger partial charge >= 0.3 is 0 Å². The van der Waals surface area contributed by atoms with Crippen LogP contribution in [0, 0.1) is 6.92 Å². The van der Waals surface area contributed by atoms with E-state index in [1.807, 2.05) is 36.1 Å². The maximum absolute atomic E-state index is 12.6. The van der Waals surface area contributed by atoms with E-state index in [9.17, 15) is 4.79 Å². The molecule has 1 aromatic heterocycles. The standard InChI is InChI=1S/C18H20ClNO2/c1-12-11-14(19)6-7-15(12)16-8-9-17(22-16)18(21)20-10-4-3-5-13(20)2/h6-9,11,13H,3-5,10H2,1-2H3/t13-/m1/s1. The molecule has 3 rings (SSSR count). The molecule has 4 heteroatoms. The number of likely N-dealkylation sites (tertiary alicyclic amines) is 1. The zero-order chi connectivity index (χ0) is 15.7. The predicted octanol–water partition coefficient (Wildman–Crippen LogP) is 4.92. The Morgan fingerprint density at radius 3 is 2.82 bits per heavy atom. The van der Waals surface area contributed by atoms with Gasteiger partial charge < -0.3 is 9.32 Å². The fourth-order valence-electron chi connectivity index (χ4n) is 3.04. The molecule has 3 nitrogen and oxygen atoms in total. The van der Waals surface area contributed by atoms with E-state index < -0.39 is 0 Å². The first-order chi connectivity index (χ1) is 10.6. The first kappa shape index (κ1) is 15.2. The normalized spacial score (nSPS) is 18.5. The highest BCUT2D eigenvalue weighted by atomic mass is 35.5. The van der Waals surface area contributed by atoms with E-state index in [4.69, 9.17) is 16.0 Å². The third-order valence-electron chi connectivity index (χ3n) is 4.33. The maximum Gasteiger partial charge on any atom is 0.289 e. The largest absolute Gasteiger partial charge is 0.451 e. The Morgan fingerprint density at radius 2 is 2.09 bits per heavy atom. The van der Waals surface area contributed by atoms with Gasteiger partial charge in [-0.05, 0) is 69.0 Å². The minimum absolute atomic E-state index is 0.00920. The number of carbonyl (C=O) groups is 1. The number of carbonyl (C=O) groups excluding carboxylic acids is 1. The van der Waals surface area contributed by atoms with Crippen LogP contribution in [0.4, 0.5) is 0 Å². The molecule has 0 N–H and O–H groups in total. The Morgan fingerprint density at radius 1 is 1.27 bits per heavy atom. The average molecular weight is 318 g/mol. The molecule has 0 saturated carbocycles. The van der Waals surface area contributed by atoms with Crippen LogP contribution in [-0.2, 0) is 0 Å². The van der Waals surface area contributed by atoms with Crippen molar-refractivity contribution < 1.29 is 9.21 Å². The second kappa shape index (κ2) is 6.17. The van der Waals surface area contributed by atoms with Gasteiger partial charge in [-0.15, -0.1) is 0 Å². The van der Waals surface area contributed by atoms with Crippen molar-refractivity contribution in [2.45, 2.75) is 39.2 Å². The Labute approximate surface area is 135 Å². The van der Waals surface area contributed by atoms with Crippen LogP contribution in [0.3, 0.4) is 0 Å². The summed E-state index contributed by atoms with van der Waals surface area (Å²) < 4.78 is 5.82. The van der Waals surface area contributed by atoms with Gasteiger partial charge in [0.1, 0.15) is 5.76 Å². The molecule has 1 aromatic carbocycles. The van der Waals surface area contributed by atoms with E-state index in [2.05, 4.69) is 6.92 Å². The number of rotatable bonds is 2. The van der Waals surface area contributed by atoms with E-state index in [1.54, 1.807) is 6.07 Å². The topological polar surface area (TPSA) is 33.5 Å². The van der Waals surface area contributed by atoms with Crippen molar-refractivity contribution in [2.75, 3.05) is 6.54 Å². The number of halogens is 1. The number of furan rings is 1. The molecule has 0 unspecified atom stereocenters. The summed E-state index contributed by atoms with van der Waals surface area (Å²) in [6.07, 6.45) is 3.33. The number of benzene rings is 1. The van der Waals surface area contributed by atoms with Crippen molar-refractivity contribution >= 4 is 17.5 Å². The van der Waals surface area contributed by atoms with E-state index in [0.29, 0.717) is 16.5 Å². The summed E-state index contributed by atoms with van der Waals surface area (Å²) in [5.41, 5.74) is 2.00. The third-order valence-corrected chi connectivity index (χ3v) is 4.57. The summed E-state index contributed by atoms with van der Waals surface area (Å²) >= 11 is 5.99. The first-order valence-electron chi connectivity index (χ1n) is 7.73. The van der Waals surface area contributed by atoms with Gasteiger partial charge in [-0.1, -0.05) is 11.6 Å². The molecule has 22 heavy (non-hydrogen) atoms. The highest BCUT2D eigenvalue weighted by molar-refractivity contribution is 6.30. The second-order valence-corrected chi connectivity index (χ2v) is 6.40. The molecule has 1 fully saturated rings. The first-order valence-corrected chi connectivity index (χ1v) is 8.11. The summed E-state index contributed by atoms with van der Waals surface area (Å²) in [5.74, 6) is 1.12. The molecule has 0 bridgehead atoms. The van der Waals surface area contributed by atoms with Crippen molar-refractivity contribution in [1.82, 2.24) is 4.90 Å². The van der Waals surface area contributed by atoms with E-state index in [0.717, 1.165) is 30.5 Å². The van der Waals surface area contributed by atoms with Crippen LogP contribution in [0.5, 0.6) is 0 Å². The highest BCUT2D eigenvalue weighted by Crippen LogP contribution is 2.29. The molecule has 2 aromatic rings. The number of aryl methyl sites for hydroxylation is 1. The fourth-order valence-corrected chi connectivity index (χ4v) is 3.27. The van der Waals surface area contributed by atoms with Crippen LogP contribution in [0.1, 0.15) is 42.3 Å². The lowest BCUT2D eigenvalue weighted by Gasteiger charge is -2.32. The van der Waals surface area contributed by atoms with Crippen LogP contribution in [-0.4, -0.2) is 23.4 Å². The molecular formula is C18H20ClNO2. The molecular weight excluding hydrogens is 298 g/mol. The van der Waals surface area contributed by atoms with E-state index >= 15 is 0 Å². The second-order valence-electron chi connectivity index (χ2n) is 5.97. The van der Waals surface area contributed by atoms with Crippen molar-refractivity contribution in [3.05, 3.63) is 46.7 Å². The summed E-state index contributed by atoms with van der Waals surface area (Å²) in [6.45, 7) is 4.90. The summed E-state index contributed by atoms with van der Waals surface area (Å²) in [7, 11) is 0. The quantitative estimate of drug-likeness (QED) is 0.787. The van der Waals surface area contributed by atoms with Crippen molar-refractivity contribution in [2.24, 2.45) is 0 Å². The van der Waals surface area contributed by atoms with Crippen LogP contribution in [0.25, 0.3) is 11.3 Å². The summed E-state index contributed by atoms with van der Waals surface area (Å²) in [4.78, 5) is 14.5. The molecule has 1 saturated heterocycles. The molecule has 0 radical (unpaired) electrons. The van der Waals surface area contributed by atoms with Gasteiger partial charge in [0, 0.05) is 23.2 Å². The number of nitrogens with zero attached hydrogens (tertiary/aromatic N) is 1. The van der Waals surface area contributed by atoms with Gasteiger partial charge in [0.05, 0.1) is 0 Å². The minimum atomic E-state index is -0.00920. The highest BCUT2D eigenvalue weighted by Gasteiger charge is 2.26. The number of hydrogen-bond donors (Lipinski definition) is 0. The number of piperidine rings is 1. The van der Waals surface area contributed by atoms with Crippen molar-refractivity contribution in [1.29, 1.82) is 0 Å². The average Bonchev–Trinajstić information content (AvgIpc) is 2.96. The Balaban J connectivity index is 1.85. The van der Waals surface area contributed by atoms with Gasteiger partial charge in [-0.3, -0.25) is 4.79 Å². The summed E-state index contributed by atoms with van der Waals surface area (Å²) in [6, 6.07) is 9.57. The lowest BCUT2D eigenvalue weighted by molar-refractivity contribution is 0.0604.